The van der Waals surface area contributed by atoms with E-state index in [0.717, 1.165) is 11.4 Å². The number of pyridine rings is 1. The van der Waals surface area contributed by atoms with E-state index in [1.54, 1.807) is 0 Å². The van der Waals surface area contributed by atoms with Crippen molar-refractivity contribution in [2.75, 3.05) is 0 Å². The van der Waals surface area contributed by atoms with Crippen LogP contribution in [0.5, 0.6) is 11.6 Å². The van der Waals surface area contributed by atoms with E-state index < -0.39 is 0 Å². The van der Waals surface area contributed by atoms with Crippen molar-refractivity contribution in [1.29, 1.82) is 0 Å². The Kier molecular flexibility index (Phi) is 4.11. The molecule has 0 unspecified atom stereocenters. The third kappa shape index (κ3) is 3.71. The summed E-state index contributed by atoms with van der Waals surface area (Å²) < 4.78 is 5.72. The highest BCUT2D eigenvalue weighted by molar-refractivity contribution is 6.16. The van der Waals surface area contributed by atoms with Crippen LogP contribution in [0.2, 0.25) is 0 Å². The second-order valence-corrected chi connectivity index (χ2v) is 5.74. The Bertz CT molecular complexity index is 543. The first kappa shape index (κ1) is 13.9. The first-order chi connectivity index (χ1) is 8.99. The summed E-state index contributed by atoms with van der Waals surface area (Å²) >= 11 is 5.75. The molecule has 3 heteroatoms. The van der Waals surface area contributed by atoms with Gasteiger partial charge >= 0.3 is 0 Å². The number of benzene rings is 1. The standard InChI is InChI=1S/C16H18ClNO/c1-16(2,3)12-7-9-14(10-8-12)19-15-6-4-5-13(11-17)18-15/h4-10H,11H2,1-3H3. The van der Waals surface area contributed by atoms with E-state index in [1.165, 1.54) is 5.56 Å². The van der Waals surface area contributed by atoms with Crippen LogP contribution in [0.4, 0.5) is 0 Å². The Morgan fingerprint density at radius 3 is 2.32 bits per heavy atom. The smallest absolute Gasteiger partial charge is 0.219 e. The molecule has 0 amide bonds. The van der Waals surface area contributed by atoms with Gasteiger partial charge in [0.05, 0.1) is 11.6 Å². The van der Waals surface area contributed by atoms with Crippen LogP contribution in [-0.4, -0.2) is 4.98 Å². The molecule has 1 heterocycles. The molecule has 2 nitrogen and oxygen atoms in total. The van der Waals surface area contributed by atoms with Gasteiger partial charge in [0.15, 0.2) is 0 Å². The molecule has 0 bridgehead atoms. The predicted octanol–water partition coefficient (Wildman–Crippen LogP) is 4.91. The van der Waals surface area contributed by atoms with E-state index in [0.29, 0.717) is 11.8 Å². The number of hydrogen-bond acceptors (Lipinski definition) is 2. The van der Waals surface area contributed by atoms with Gasteiger partial charge in [-0.15, -0.1) is 11.6 Å². The zero-order valence-electron chi connectivity index (χ0n) is 11.5. The van der Waals surface area contributed by atoms with Gasteiger partial charge in [-0.3, -0.25) is 0 Å². The lowest BCUT2D eigenvalue weighted by atomic mass is 9.87. The van der Waals surface area contributed by atoms with E-state index in [2.05, 4.69) is 37.9 Å². The highest BCUT2D eigenvalue weighted by Crippen LogP contribution is 2.26. The monoisotopic (exact) mass is 275 g/mol. The number of halogens is 1. The third-order valence-corrected chi connectivity index (χ3v) is 3.13. The van der Waals surface area contributed by atoms with Gasteiger partial charge in [0.25, 0.3) is 0 Å². The molecule has 0 spiro atoms. The lowest BCUT2D eigenvalue weighted by molar-refractivity contribution is 0.460. The van der Waals surface area contributed by atoms with E-state index in [1.807, 2.05) is 30.3 Å². The summed E-state index contributed by atoms with van der Waals surface area (Å²) in [5.74, 6) is 1.74. The molecule has 0 N–H and O–H groups in total. The van der Waals surface area contributed by atoms with Gasteiger partial charge in [0.2, 0.25) is 5.88 Å². The Labute approximate surface area is 119 Å². The van der Waals surface area contributed by atoms with Gasteiger partial charge in [-0.25, -0.2) is 4.98 Å². The van der Waals surface area contributed by atoms with Gasteiger partial charge in [0, 0.05) is 6.07 Å². The molecule has 2 aromatic rings. The molecule has 19 heavy (non-hydrogen) atoms. The van der Waals surface area contributed by atoms with Crippen molar-refractivity contribution in [3.8, 4) is 11.6 Å². The van der Waals surface area contributed by atoms with E-state index in [4.69, 9.17) is 16.3 Å². The maximum atomic E-state index is 5.75. The molecule has 0 radical (unpaired) electrons. The summed E-state index contributed by atoms with van der Waals surface area (Å²) in [5, 5.41) is 0. The zero-order valence-corrected chi connectivity index (χ0v) is 12.2. The molecule has 2 rings (SSSR count). The maximum Gasteiger partial charge on any atom is 0.219 e. The second-order valence-electron chi connectivity index (χ2n) is 5.48. The maximum absolute atomic E-state index is 5.75. The van der Waals surface area contributed by atoms with Crippen LogP contribution in [-0.2, 0) is 11.3 Å². The molecule has 0 aliphatic heterocycles. The van der Waals surface area contributed by atoms with Gasteiger partial charge in [0.1, 0.15) is 5.75 Å². The fourth-order valence-corrected chi connectivity index (χ4v) is 1.88. The summed E-state index contributed by atoms with van der Waals surface area (Å²) in [7, 11) is 0. The molecule has 0 saturated heterocycles. The molecule has 0 atom stereocenters. The average Bonchev–Trinajstić information content (AvgIpc) is 2.38. The Hall–Kier alpha value is -1.54. The SMILES string of the molecule is CC(C)(C)c1ccc(Oc2cccc(CCl)n2)cc1. The normalized spacial score (nSPS) is 11.4. The fourth-order valence-electron chi connectivity index (χ4n) is 1.73. The van der Waals surface area contributed by atoms with E-state index >= 15 is 0 Å². The number of aromatic nitrogens is 1. The molecule has 1 aromatic carbocycles. The summed E-state index contributed by atoms with van der Waals surface area (Å²) in [6, 6.07) is 13.7. The molecule has 100 valence electrons. The van der Waals surface area contributed by atoms with Crippen LogP contribution < -0.4 is 4.74 Å². The summed E-state index contributed by atoms with van der Waals surface area (Å²) in [6.45, 7) is 6.57. The topological polar surface area (TPSA) is 22.1 Å². The number of ether oxygens (including phenoxy) is 1. The van der Waals surface area contributed by atoms with Gasteiger partial charge in [-0.2, -0.15) is 0 Å². The molecule has 0 aliphatic carbocycles. The number of nitrogens with zero attached hydrogens (tertiary/aromatic N) is 1. The third-order valence-electron chi connectivity index (χ3n) is 2.86. The van der Waals surface area contributed by atoms with Gasteiger partial charge < -0.3 is 4.74 Å². The van der Waals surface area contributed by atoms with Crippen molar-refractivity contribution in [3.05, 3.63) is 53.7 Å². The minimum atomic E-state index is 0.148. The molecule has 0 fully saturated rings. The quantitative estimate of drug-likeness (QED) is 0.743. The van der Waals surface area contributed by atoms with Crippen molar-refractivity contribution < 1.29 is 4.74 Å². The highest BCUT2D eigenvalue weighted by atomic mass is 35.5. The first-order valence-electron chi connectivity index (χ1n) is 6.29. The van der Waals surface area contributed by atoms with Crippen molar-refractivity contribution in [3.63, 3.8) is 0 Å². The number of hydrogen-bond donors (Lipinski definition) is 0. The van der Waals surface area contributed by atoms with Gasteiger partial charge in [-0.05, 0) is 29.2 Å². The number of alkyl halides is 1. The minimum absolute atomic E-state index is 0.148. The second kappa shape index (κ2) is 5.62. The lowest BCUT2D eigenvalue weighted by Crippen LogP contribution is -2.10. The molecule has 0 aliphatic rings. The molecular weight excluding hydrogens is 258 g/mol. The molecule has 1 aromatic heterocycles. The molecule has 0 saturated carbocycles. The van der Waals surface area contributed by atoms with Crippen LogP contribution in [0.25, 0.3) is 0 Å². The van der Waals surface area contributed by atoms with Crippen molar-refractivity contribution >= 4 is 11.6 Å². The van der Waals surface area contributed by atoms with Crippen molar-refractivity contribution in [2.45, 2.75) is 32.1 Å². The van der Waals surface area contributed by atoms with Crippen LogP contribution in [0.3, 0.4) is 0 Å². The van der Waals surface area contributed by atoms with Crippen molar-refractivity contribution in [1.82, 2.24) is 4.98 Å². The Morgan fingerprint density at radius 2 is 1.74 bits per heavy atom. The highest BCUT2D eigenvalue weighted by Gasteiger charge is 2.13. The largest absolute Gasteiger partial charge is 0.439 e. The van der Waals surface area contributed by atoms with E-state index in [9.17, 15) is 0 Å². The van der Waals surface area contributed by atoms with E-state index in [-0.39, 0.29) is 5.41 Å². The van der Waals surface area contributed by atoms with Crippen LogP contribution in [0.15, 0.2) is 42.5 Å². The lowest BCUT2D eigenvalue weighted by Gasteiger charge is -2.19. The summed E-state index contributed by atoms with van der Waals surface area (Å²) in [4.78, 5) is 4.30. The van der Waals surface area contributed by atoms with Crippen molar-refractivity contribution in [2.24, 2.45) is 0 Å². The van der Waals surface area contributed by atoms with Crippen LogP contribution in [0, 0.1) is 0 Å². The first-order valence-corrected chi connectivity index (χ1v) is 6.83. The number of rotatable bonds is 3. The summed E-state index contributed by atoms with van der Waals surface area (Å²) in [5.41, 5.74) is 2.24. The van der Waals surface area contributed by atoms with Gasteiger partial charge in [-0.1, -0.05) is 39.0 Å². The predicted molar refractivity (Wildman–Crippen MR) is 79.0 cm³/mol. The molecular formula is C16H18ClNO. The summed E-state index contributed by atoms with van der Waals surface area (Å²) in [6.07, 6.45) is 0. The zero-order chi connectivity index (χ0) is 13.9. The Morgan fingerprint density at radius 1 is 1.05 bits per heavy atom. The van der Waals surface area contributed by atoms with Crippen LogP contribution >= 0.6 is 11.6 Å². The fraction of sp³-hybridized carbons (Fsp3) is 0.312. The minimum Gasteiger partial charge on any atom is -0.439 e. The average molecular weight is 276 g/mol. The van der Waals surface area contributed by atoms with Crippen LogP contribution in [0.1, 0.15) is 32.0 Å². The Balaban J connectivity index is 2.15.